The van der Waals surface area contributed by atoms with Crippen molar-refractivity contribution in [2.45, 2.75) is 19.9 Å². The van der Waals surface area contributed by atoms with Crippen molar-refractivity contribution < 1.29 is 9.53 Å². The molecule has 2 aromatic carbocycles. The number of carbonyl (C=O) groups is 1. The number of carbonyl (C=O) groups excluding carboxylic acids is 1. The van der Waals surface area contributed by atoms with E-state index < -0.39 is 0 Å². The fourth-order valence-corrected chi connectivity index (χ4v) is 2.03. The molecule has 20 heavy (non-hydrogen) atoms. The molecule has 1 atom stereocenters. The van der Waals surface area contributed by atoms with Crippen LogP contribution in [0.2, 0.25) is 0 Å². The van der Waals surface area contributed by atoms with E-state index in [1.807, 2.05) is 36.4 Å². The Kier molecular flexibility index (Phi) is 4.77. The average Bonchev–Trinajstić information content (AvgIpc) is 2.48. The predicted molar refractivity (Wildman–Crippen MR) is 80.9 cm³/mol. The molecule has 0 radical (unpaired) electrons. The van der Waals surface area contributed by atoms with Crippen molar-refractivity contribution in [3.05, 3.63) is 65.7 Å². The topological polar surface area (TPSA) is 38.3 Å². The molecule has 0 bridgehead atoms. The molecule has 0 unspecified atom stereocenters. The maximum absolute atomic E-state index is 11.7. The SMILES string of the molecule is CCOC(=O)c1cccc(N[C@H](C)c2ccccc2)c1. The first-order valence-electron chi connectivity index (χ1n) is 6.79. The van der Waals surface area contributed by atoms with Gasteiger partial charge in [0, 0.05) is 11.7 Å². The maximum Gasteiger partial charge on any atom is 0.338 e. The Morgan fingerprint density at radius 2 is 1.90 bits per heavy atom. The van der Waals surface area contributed by atoms with Crippen molar-refractivity contribution >= 4 is 11.7 Å². The highest BCUT2D eigenvalue weighted by atomic mass is 16.5. The van der Waals surface area contributed by atoms with Gasteiger partial charge in [0.05, 0.1) is 12.2 Å². The van der Waals surface area contributed by atoms with Gasteiger partial charge in [-0.2, -0.15) is 0 Å². The predicted octanol–water partition coefficient (Wildman–Crippen LogP) is 4.04. The van der Waals surface area contributed by atoms with Crippen LogP contribution in [0.4, 0.5) is 5.69 Å². The van der Waals surface area contributed by atoms with Crippen molar-refractivity contribution in [1.82, 2.24) is 0 Å². The first-order valence-corrected chi connectivity index (χ1v) is 6.79. The maximum atomic E-state index is 11.7. The van der Waals surface area contributed by atoms with E-state index in [0.29, 0.717) is 12.2 Å². The minimum Gasteiger partial charge on any atom is -0.462 e. The van der Waals surface area contributed by atoms with E-state index >= 15 is 0 Å². The first kappa shape index (κ1) is 14.1. The molecular formula is C17H19NO2. The molecule has 2 rings (SSSR count). The molecule has 1 N–H and O–H groups in total. The molecule has 0 spiro atoms. The summed E-state index contributed by atoms with van der Waals surface area (Å²) in [5, 5.41) is 3.39. The lowest BCUT2D eigenvalue weighted by molar-refractivity contribution is 0.0526. The van der Waals surface area contributed by atoms with Gasteiger partial charge in [-0.3, -0.25) is 0 Å². The van der Waals surface area contributed by atoms with Gasteiger partial charge in [0.25, 0.3) is 0 Å². The minimum atomic E-state index is -0.288. The normalized spacial score (nSPS) is 11.7. The zero-order chi connectivity index (χ0) is 14.4. The van der Waals surface area contributed by atoms with E-state index in [0.717, 1.165) is 5.69 Å². The molecule has 0 aliphatic rings. The quantitative estimate of drug-likeness (QED) is 0.833. The smallest absolute Gasteiger partial charge is 0.338 e. The number of hydrogen-bond donors (Lipinski definition) is 1. The van der Waals surface area contributed by atoms with Crippen LogP contribution in [0.5, 0.6) is 0 Å². The summed E-state index contributed by atoms with van der Waals surface area (Å²) in [7, 11) is 0. The Morgan fingerprint density at radius 1 is 1.15 bits per heavy atom. The fourth-order valence-electron chi connectivity index (χ4n) is 2.03. The molecular weight excluding hydrogens is 250 g/mol. The van der Waals surface area contributed by atoms with Crippen LogP contribution >= 0.6 is 0 Å². The molecule has 0 saturated carbocycles. The van der Waals surface area contributed by atoms with Gasteiger partial charge in [-0.05, 0) is 37.6 Å². The van der Waals surface area contributed by atoms with Crippen LogP contribution in [-0.2, 0) is 4.74 Å². The van der Waals surface area contributed by atoms with Crippen molar-refractivity contribution in [1.29, 1.82) is 0 Å². The summed E-state index contributed by atoms with van der Waals surface area (Å²) in [5.41, 5.74) is 2.68. The zero-order valence-electron chi connectivity index (χ0n) is 11.8. The van der Waals surface area contributed by atoms with Gasteiger partial charge in [-0.25, -0.2) is 4.79 Å². The highest BCUT2D eigenvalue weighted by Crippen LogP contribution is 2.20. The summed E-state index contributed by atoms with van der Waals surface area (Å²) in [6.07, 6.45) is 0. The van der Waals surface area contributed by atoms with Gasteiger partial charge in [0.2, 0.25) is 0 Å². The Bertz CT molecular complexity index is 566. The largest absolute Gasteiger partial charge is 0.462 e. The van der Waals surface area contributed by atoms with Gasteiger partial charge < -0.3 is 10.1 Å². The third-order valence-electron chi connectivity index (χ3n) is 3.06. The third kappa shape index (κ3) is 3.60. The minimum absolute atomic E-state index is 0.175. The van der Waals surface area contributed by atoms with Crippen molar-refractivity contribution in [3.8, 4) is 0 Å². The molecule has 0 fully saturated rings. The molecule has 0 aliphatic carbocycles. The Labute approximate surface area is 119 Å². The van der Waals surface area contributed by atoms with E-state index in [1.165, 1.54) is 5.56 Å². The van der Waals surface area contributed by atoms with E-state index in [1.54, 1.807) is 13.0 Å². The van der Waals surface area contributed by atoms with Crippen LogP contribution in [0, 0.1) is 0 Å². The number of ether oxygens (including phenoxy) is 1. The molecule has 0 saturated heterocycles. The number of rotatable bonds is 5. The number of benzene rings is 2. The lowest BCUT2D eigenvalue weighted by Gasteiger charge is -2.16. The Balaban J connectivity index is 2.10. The standard InChI is InChI=1S/C17H19NO2/c1-3-20-17(19)15-10-7-11-16(12-15)18-13(2)14-8-5-4-6-9-14/h4-13,18H,3H2,1-2H3/t13-/m1/s1. The van der Waals surface area contributed by atoms with Gasteiger partial charge >= 0.3 is 5.97 Å². The molecule has 2 aromatic rings. The lowest BCUT2D eigenvalue weighted by Crippen LogP contribution is -2.08. The van der Waals surface area contributed by atoms with Crippen molar-refractivity contribution in [3.63, 3.8) is 0 Å². The van der Waals surface area contributed by atoms with E-state index in [-0.39, 0.29) is 12.0 Å². The van der Waals surface area contributed by atoms with Crippen LogP contribution in [0.15, 0.2) is 54.6 Å². The second-order valence-corrected chi connectivity index (χ2v) is 4.58. The molecule has 0 heterocycles. The summed E-state index contributed by atoms with van der Waals surface area (Å²) in [6, 6.07) is 17.7. The highest BCUT2D eigenvalue weighted by Gasteiger charge is 2.09. The average molecular weight is 269 g/mol. The summed E-state index contributed by atoms with van der Waals surface area (Å²) in [6.45, 7) is 4.28. The van der Waals surface area contributed by atoms with Crippen LogP contribution in [-0.4, -0.2) is 12.6 Å². The summed E-state index contributed by atoms with van der Waals surface area (Å²) >= 11 is 0. The number of esters is 1. The molecule has 3 nitrogen and oxygen atoms in total. The second kappa shape index (κ2) is 6.75. The van der Waals surface area contributed by atoms with E-state index in [4.69, 9.17) is 4.74 Å². The van der Waals surface area contributed by atoms with Gasteiger partial charge in [0.1, 0.15) is 0 Å². The second-order valence-electron chi connectivity index (χ2n) is 4.58. The number of hydrogen-bond acceptors (Lipinski definition) is 3. The van der Waals surface area contributed by atoms with Gasteiger partial charge in [-0.1, -0.05) is 36.4 Å². The van der Waals surface area contributed by atoms with Gasteiger partial charge in [0.15, 0.2) is 0 Å². The summed E-state index contributed by atoms with van der Waals surface area (Å²) in [5.74, 6) is -0.288. The molecule has 0 aliphatic heterocycles. The molecule has 0 amide bonds. The van der Waals surface area contributed by atoms with Crippen LogP contribution < -0.4 is 5.32 Å². The Hall–Kier alpha value is -2.29. The lowest BCUT2D eigenvalue weighted by atomic mass is 10.1. The van der Waals surface area contributed by atoms with E-state index in [9.17, 15) is 4.79 Å². The van der Waals surface area contributed by atoms with Crippen molar-refractivity contribution in [2.75, 3.05) is 11.9 Å². The first-order chi connectivity index (χ1) is 9.70. The summed E-state index contributed by atoms with van der Waals surface area (Å²) in [4.78, 5) is 11.7. The molecule has 0 aromatic heterocycles. The highest BCUT2D eigenvalue weighted by molar-refractivity contribution is 5.90. The number of anilines is 1. The van der Waals surface area contributed by atoms with E-state index in [2.05, 4.69) is 24.4 Å². The summed E-state index contributed by atoms with van der Waals surface area (Å²) < 4.78 is 5.01. The fraction of sp³-hybridized carbons (Fsp3) is 0.235. The number of nitrogens with one attached hydrogen (secondary N) is 1. The molecule has 104 valence electrons. The van der Waals surface area contributed by atoms with Crippen LogP contribution in [0.3, 0.4) is 0 Å². The zero-order valence-corrected chi connectivity index (χ0v) is 11.8. The van der Waals surface area contributed by atoms with Crippen LogP contribution in [0.1, 0.15) is 35.8 Å². The van der Waals surface area contributed by atoms with Crippen molar-refractivity contribution in [2.24, 2.45) is 0 Å². The van der Waals surface area contributed by atoms with Gasteiger partial charge in [-0.15, -0.1) is 0 Å². The third-order valence-corrected chi connectivity index (χ3v) is 3.06. The monoisotopic (exact) mass is 269 g/mol. The Morgan fingerprint density at radius 3 is 2.60 bits per heavy atom. The molecule has 3 heteroatoms. The van der Waals surface area contributed by atoms with Crippen LogP contribution in [0.25, 0.3) is 0 Å².